The van der Waals surface area contributed by atoms with Crippen LogP contribution in [0, 0.1) is 0 Å². The molecule has 0 aromatic carbocycles. The lowest BCUT2D eigenvalue weighted by Crippen LogP contribution is -2.61. The number of hydrogen-bond donors (Lipinski definition) is 6. The summed E-state index contributed by atoms with van der Waals surface area (Å²) in [5.41, 5.74) is 0. The number of carbonyl (C=O) groups excluding carboxylic acids is 2. The number of unbranched alkanes of at least 4 members (excludes halogenated alkanes) is 27. The van der Waals surface area contributed by atoms with Gasteiger partial charge in [0.15, 0.2) is 12.4 Å². The number of aliphatic hydroxyl groups is 5. The Morgan fingerprint density at radius 1 is 0.494 bits per heavy atom. The smallest absolute Gasteiger partial charge is 0.306 e. The van der Waals surface area contributed by atoms with Crippen molar-refractivity contribution in [1.82, 2.24) is 5.32 Å². The van der Waals surface area contributed by atoms with Gasteiger partial charge in [0.25, 0.3) is 0 Å². The number of allylic oxidation sites excluding steroid dienone is 15. The van der Waals surface area contributed by atoms with Crippen LogP contribution in [0.15, 0.2) is 97.2 Å². The third-order valence-electron chi connectivity index (χ3n) is 15.0. The molecule has 1 fully saturated rings. The summed E-state index contributed by atoms with van der Waals surface area (Å²) < 4.78 is 17.6. The third kappa shape index (κ3) is 44.7. The van der Waals surface area contributed by atoms with Gasteiger partial charge in [-0.25, -0.2) is 0 Å². The molecule has 8 unspecified atom stereocenters. The largest absolute Gasteiger partial charge is 0.454 e. The van der Waals surface area contributed by atoms with E-state index in [1.165, 1.54) is 103 Å². The van der Waals surface area contributed by atoms with E-state index in [2.05, 4.69) is 111 Å². The highest BCUT2D eigenvalue weighted by molar-refractivity contribution is 5.80. The van der Waals surface area contributed by atoms with E-state index in [1.54, 1.807) is 6.08 Å². The van der Waals surface area contributed by atoms with Gasteiger partial charge in [0, 0.05) is 6.42 Å². The van der Waals surface area contributed by atoms with Crippen LogP contribution in [0.4, 0.5) is 0 Å². The average molecular weight is 1140 g/mol. The van der Waals surface area contributed by atoms with E-state index in [9.17, 15) is 35.1 Å². The first kappa shape index (κ1) is 75.6. The quantitative estimate of drug-likeness (QED) is 0.0195. The highest BCUT2D eigenvalue weighted by Crippen LogP contribution is 2.26. The van der Waals surface area contributed by atoms with Crippen molar-refractivity contribution in [2.75, 3.05) is 13.2 Å². The molecule has 1 heterocycles. The van der Waals surface area contributed by atoms with Crippen LogP contribution in [0.5, 0.6) is 0 Å². The molecular formula is C70H121NO10. The van der Waals surface area contributed by atoms with Crippen LogP contribution in [-0.2, 0) is 23.8 Å². The van der Waals surface area contributed by atoms with Crippen LogP contribution in [-0.4, -0.2) is 99.6 Å². The molecule has 0 aliphatic carbocycles. The molecule has 11 nitrogen and oxygen atoms in total. The standard InChI is InChI=1S/C70H121NO10/c1-4-7-10-13-16-19-22-24-26-28-29-30-31-32-33-34-36-37-39-42-45-48-51-54-57-63(74)69(78)71-61(62(73)56-53-50-47-44-41-21-18-15-12-9-6-3)60-79-70-68(67(77)66(76)64(59-72)80-70)81-65(75)58-55-52-49-46-43-40-38-35-27-25-23-20-17-14-11-8-5-2/h7,10,16-17,19-20,24-27,29-30,32-33,53,56,61-64,66-68,70,72-74,76-77H,4-6,8-9,11-15,18,21-23,28,31,34-52,54-55,57-60H2,1-3H3,(H,71,78)/b10-7-,19-16-,20-17-,26-24-,27-25-,30-29-,33-32-,56-53+. The number of carbonyl (C=O) groups is 2. The Hall–Kier alpha value is -3.42. The van der Waals surface area contributed by atoms with Crippen LogP contribution in [0.1, 0.15) is 271 Å². The summed E-state index contributed by atoms with van der Waals surface area (Å²) in [6.45, 7) is 5.64. The molecule has 0 aromatic rings. The Morgan fingerprint density at radius 3 is 1.36 bits per heavy atom. The Balaban J connectivity index is 2.62. The number of rotatable bonds is 55. The summed E-state index contributed by atoms with van der Waals surface area (Å²) in [7, 11) is 0. The minimum atomic E-state index is -1.62. The molecule has 0 spiro atoms. The lowest BCUT2D eigenvalue weighted by molar-refractivity contribution is -0.305. The topological polar surface area (TPSA) is 175 Å². The summed E-state index contributed by atoms with van der Waals surface area (Å²) in [4.78, 5) is 26.6. The SMILES string of the molecule is CC/C=C\C/C=C\C/C=C\C/C=C\C/C=C\CCCCCCCCCCC(O)C(=O)NC(COC1OC(CO)C(O)C(O)C1OC(=O)CCCCCCCCC/C=C\C/C=C\CCCCC)C(O)/C=C/CCCCCCCCCCC. The number of esters is 1. The van der Waals surface area contributed by atoms with Crippen molar-refractivity contribution in [1.29, 1.82) is 0 Å². The highest BCUT2D eigenvalue weighted by Gasteiger charge is 2.47. The first-order valence-electron chi connectivity index (χ1n) is 33.0. The molecule has 0 saturated carbocycles. The molecule has 1 aliphatic rings. The van der Waals surface area contributed by atoms with Crippen molar-refractivity contribution < 1.29 is 49.3 Å². The van der Waals surface area contributed by atoms with Gasteiger partial charge in [0.2, 0.25) is 5.91 Å². The predicted molar refractivity (Wildman–Crippen MR) is 338 cm³/mol. The van der Waals surface area contributed by atoms with Crippen molar-refractivity contribution in [3.05, 3.63) is 97.2 Å². The molecule has 0 radical (unpaired) electrons. The van der Waals surface area contributed by atoms with Crippen LogP contribution in [0.2, 0.25) is 0 Å². The number of nitrogens with one attached hydrogen (secondary N) is 1. The molecule has 0 bridgehead atoms. The number of aliphatic hydroxyl groups excluding tert-OH is 5. The van der Waals surface area contributed by atoms with Crippen LogP contribution in [0.25, 0.3) is 0 Å². The maximum atomic E-state index is 13.5. The van der Waals surface area contributed by atoms with Gasteiger partial charge in [0.05, 0.1) is 25.4 Å². The van der Waals surface area contributed by atoms with E-state index in [0.29, 0.717) is 12.8 Å². The molecule has 1 aliphatic heterocycles. The van der Waals surface area contributed by atoms with Gasteiger partial charge in [-0.3, -0.25) is 9.59 Å². The van der Waals surface area contributed by atoms with Crippen molar-refractivity contribution in [2.45, 2.75) is 320 Å². The molecule has 466 valence electrons. The van der Waals surface area contributed by atoms with Crippen molar-refractivity contribution in [3.8, 4) is 0 Å². The maximum absolute atomic E-state index is 13.5. The summed E-state index contributed by atoms with van der Waals surface area (Å²) in [5, 5.41) is 57.1. The molecule has 8 atom stereocenters. The van der Waals surface area contributed by atoms with E-state index < -0.39 is 67.4 Å². The van der Waals surface area contributed by atoms with E-state index in [0.717, 1.165) is 122 Å². The van der Waals surface area contributed by atoms with Gasteiger partial charge in [-0.05, 0) is 103 Å². The minimum absolute atomic E-state index is 0.110. The normalized spacial score (nSPS) is 19.3. The second kappa shape index (κ2) is 57.0. The second-order valence-electron chi connectivity index (χ2n) is 22.5. The molecular weight excluding hydrogens is 1010 g/mol. The summed E-state index contributed by atoms with van der Waals surface area (Å²) >= 11 is 0. The van der Waals surface area contributed by atoms with Gasteiger partial charge in [-0.2, -0.15) is 0 Å². The molecule has 0 aromatic heterocycles. The average Bonchev–Trinajstić information content (AvgIpc) is 3.50. The lowest BCUT2D eigenvalue weighted by Gasteiger charge is -2.41. The zero-order chi connectivity index (χ0) is 58.9. The van der Waals surface area contributed by atoms with E-state index >= 15 is 0 Å². The molecule has 1 amide bonds. The monoisotopic (exact) mass is 1140 g/mol. The minimum Gasteiger partial charge on any atom is -0.454 e. The number of amides is 1. The lowest BCUT2D eigenvalue weighted by atomic mass is 9.99. The summed E-state index contributed by atoms with van der Waals surface area (Å²) in [6.07, 6.45) is 65.8. The Morgan fingerprint density at radius 2 is 0.889 bits per heavy atom. The number of hydrogen-bond acceptors (Lipinski definition) is 10. The zero-order valence-electron chi connectivity index (χ0n) is 51.6. The van der Waals surface area contributed by atoms with Crippen LogP contribution < -0.4 is 5.32 Å². The summed E-state index contributed by atoms with van der Waals surface area (Å²) in [5.74, 6) is -1.21. The maximum Gasteiger partial charge on any atom is 0.306 e. The molecule has 1 saturated heterocycles. The molecule has 1 rings (SSSR count). The van der Waals surface area contributed by atoms with Gasteiger partial charge in [-0.15, -0.1) is 0 Å². The van der Waals surface area contributed by atoms with E-state index in [4.69, 9.17) is 14.2 Å². The predicted octanol–water partition coefficient (Wildman–Crippen LogP) is 16.3. The van der Waals surface area contributed by atoms with Gasteiger partial charge >= 0.3 is 5.97 Å². The van der Waals surface area contributed by atoms with Gasteiger partial charge in [-0.1, -0.05) is 259 Å². The fourth-order valence-corrected chi connectivity index (χ4v) is 9.77. The van der Waals surface area contributed by atoms with Crippen LogP contribution >= 0.6 is 0 Å². The zero-order valence-corrected chi connectivity index (χ0v) is 51.6. The summed E-state index contributed by atoms with van der Waals surface area (Å²) in [6, 6.07) is -1.03. The van der Waals surface area contributed by atoms with Gasteiger partial charge < -0.3 is 45.1 Å². The Kier molecular flexibility index (Phi) is 53.2. The fraction of sp³-hybridized carbons (Fsp3) is 0.743. The molecule has 6 N–H and O–H groups in total. The van der Waals surface area contributed by atoms with E-state index in [1.807, 2.05) is 6.08 Å². The highest BCUT2D eigenvalue weighted by atomic mass is 16.7. The molecule has 11 heteroatoms. The first-order chi connectivity index (χ1) is 39.7. The first-order valence-corrected chi connectivity index (χ1v) is 33.0. The van der Waals surface area contributed by atoms with Crippen molar-refractivity contribution in [3.63, 3.8) is 0 Å². The Labute approximate surface area is 495 Å². The van der Waals surface area contributed by atoms with E-state index in [-0.39, 0.29) is 19.4 Å². The third-order valence-corrected chi connectivity index (χ3v) is 15.0. The van der Waals surface area contributed by atoms with Crippen molar-refractivity contribution >= 4 is 11.9 Å². The Bertz CT molecular complexity index is 1690. The van der Waals surface area contributed by atoms with Crippen molar-refractivity contribution in [2.24, 2.45) is 0 Å². The number of ether oxygens (including phenoxy) is 3. The molecule has 81 heavy (non-hydrogen) atoms. The van der Waals surface area contributed by atoms with Gasteiger partial charge in [0.1, 0.15) is 24.4 Å². The fourth-order valence-electron chi connectivity index (χ4n) is 9.77. The second-order valence-corrected chi connectivity index (χ2v) is 22.5. The van der Waals surface area contributed by atoms with Crippen LogP contribution in [0.3, 0.4) is 0 Å².